The fourth-order valence-electron chi connectivity index (χ4n) is 3.05. The van der Waals surface area contributed by atoms with Gasteiger partial charge in [0.05, 0.1) is 17.1 Å². The number of nitrogens with one attached hydrogen (secondary N) is 2. The van der Waals surface area contributed by atoms with Crippen LogP contribution in [0, 0.1) is 5.41 Å². The maximum Gasteiger partial charge on any atom is 0.262 e. The Hall–Kier alpha value is -1.91. The molecule has 1 aromatic rings. The molecule has 3 rings (SSSR count). The Morgan fingerprint density at radius 3 is 2.95 bits per heavy atom. The predicted molar refractivity (Wildman–Crippen MR) is 80.0 cm³/mol. The third-order valence-corrected chi connectivity index (χ3v) is 4.37. The Bertz CT molecular complexity index is 554. The highest BCUT2D eigenvalue weighted by atomic mass is 16.5. The van der Waals surface area contributed by atoms with Crippen molar-refractivity contribution in [1.82, 2.24) is 0 Å². The van der Waals surface area contributed by atoms with Crippen LogP contribution < -0.4 is 21.1 Å². The van der Waals surface area contributed by atoms with Gasteiger partial charge in [0.1, 0.15) is 5.75 Å². The van der Waals surface area contributed by atoms with Crippen LogP contribution in [0.15, 0.2) is 12.1 Å². The molecule has 20 heavy (non-hydrogen) atoms. The Kier molecular flexibility index (Phi) is 3.00. The maximum absolute atomic E-state index is 11.4. The van der Waals surface area contributed by atoms with Crippen LogP contribution in [-0.4, -0.2) is 18.6 Å². The second kappa shape index (κ2) is 4.58. The van der Waals surface area contributed by atoms with E-state index in [4.69, 9.17) is 10.5 Å². The summed E-state index contributed by atoms with van der Waals surface area (Å²) < 4.78 is 5.36. The predicted octanol–water partition coefficient (Wildman–Crippen LogP) is 2.59. The molecule has 0 saturated heterocycles. The first kappa shape index (κ1) is 13.1. The zero-order valence-corrected chi connectivity index (χ0v) is 12.0. The maximum atomic E-state index is 11.4. The van der Waals surface area contributed by atoms with Gasteiger partial charge in [0.15, 0.2) is 6.61 Å². The first-order chi connectivity index (χ1) is 9.45. The van der Waals surface area contributed by atoms with Crippen LogP contribution >= 0.6 is 0 Å². The molecule has 5 nitrogen and oxygen atoms in total. The van der Waals surface area contributed by atoms with Gasteiger partial charge in [-0.1, -0.05) is 20.3 Å². The summed E-state index contributed by atoms with van der Waals surface area (Å²) in [6, 6.07) is 4.05. The van der Waals surface area contributed by atoms with Crippen LogP contribution in [-0.2, 0) is 4.79 Å². The van der Waals surface area contributed by atoms with Gasteiger partial charge in [-0.05, 0) is 24.3 Å². The number of fused-ring (bicyclic) bond motifs is 1. The number of hydrogen-bond acceptors (Lipinski definition) is 4. The van der Waals surface area contributed by atoms with Crippen molar-refractivity contribution in [2.24, 2.45) is 5.41 Å². The molecule has 2 aliphatic rings. The standard InChI is InChI=1S/C15H21N3O2/c1-15(2)5-3-4-13(15)17-10-7-11-12(6-9(10)16)20-8-14(19)18-11/h6-7,13,17H,3-5,8,16H2,1-2H3,(H,18,19). The van der Waals surface area contributed by atoms with Gasteiger partial charge in [-0.15, -0.1) is 0 Å². The second-order valence-corrected chi connectivity index (χ2v) is 6.35. The number of nitrogen functional groups attached to an aromatic ring is 1. The summed E-state index contributed by atoms with van der Waals surface area (Å²) in [5, 5.41) is 6.35. The van der Waals surface area contributed by atoms with Crippen molar-refractivity contribution in [3.05, 3.63) is 12.1 Å². The van der Waals surface area contributed by atoms with E-state index < -0.39 is 0 Å². The van der Waals surface area contributed by atoms with Crippen molar-refractivity contribution in [2.75, 3.05) is 23.0 Å². The summed E-state index contributed by atoms with van der Waals surface area (Å²) in [6.07, 6.45) is 3.59. The molecule has 1 atom stereocenters. The molecule has 5 heteroatoms. The third kappa shape index (κ3) is 2.28. The highest BCUT2D eigenvalue weighted by Gasteiger charge is 2.34. The Morgan fingerprint density at radius 2 is 2.25 bits per heavy atom. The van der Waals surface area contributed by atoms with Gasteiger partial charge in [0.2, 0.25) is 0 Å². The normalized spacial score (nSPS) is 23.7. The van der Waals surface area contributed by atoms with Crippen LogP contribution in [0.3, 0.4) is 0 Å². The number of ether oxygens (including phenoxy) is 1. The molecule has 1 fully saturated rings. The van der Waals surface area contributed by atoms with E-state index in [-0.39, 0.29) is 17.9 Å². The number of rotatable bonds is 2. The van der Waals surface area contributed by atoms with E-state index in [2.05, 4.69) is 24.5 Å². The van der Waals surface area contributed by atoms with E-state index in [0.29, 0.717) is 23.2 Å². The number of hydrogen-bond donors (Lipinski definition) is 3. The summed E-state index contributed by atoms with van der Waals surface area (Å²) in [4.78, 5) is 11.4. The molecule has 1 aliphatic carbocycles. The average Bonchev–Trinajstić information content (AvgIpc) is 2.70. The molecule has 1 saturated carbocycles. The van der Waals surface area contributed by atoms with E-state index >= 15 is 0 Å². The van der Waals surface area contributed by atoms with E-state index in [1.807, 2.05) is 6.07 Å². The highest BCUT2D eigenvalue weighted by molar-refractivity contribution is 5.97. The zero-order valence-electron chi connectivity index (χ0n) is 12.0. The molecule has 0 bridgehead atoms. The second-order valence-electron chi connectivity index (χ2n) is 6.35. The van der Waals surface area contributed by atoms with Crippen LogP contribution in [0.4, 0.5) is 17.1 Å². The van der Waals surface area contributed by atoms with Crippen molar-refractivity contribution in [2.45, 2.75) is 39.2 Å². The monoisotopic (exact) mass is 275 g/mol. The lowest BCUT2D eigenvalue weighted by atomic mass is 9.87. The summed E-state index contributed by atoms with van der Waals surface area (Å²) in [5.41, 5.74) is 8.57. The summed E-state index contributed by atoms with van der Waals surface area (Å²) >= 11 is 0. The minimum atomic E-state index is -0.130. The van der Waals surface area contributed by atoms with Crippen molar-refractivity contribution in [3.8, 4) is 5.75 Å². The number of anilines is 3. The first-order valence-electron chi connectivity index (χ1n) is 7.08. The van der Waals surface area contributed by atoms with Crippen molar-refractivity contribution < 1.29 is 9.53 Å². The van der Waals surface area contributed by atoms with Crippen LogP contribution in [0.25, 0.3) is 0 Å². The zero-order chi connectivity index (χ0) is 14.3. The lowest BCUT2D eigenvalue weighted by molar-refractivity contribution is -0.118. The number of carbonyl (C=O) groups is 1. The van der Waals surface area contributed by atoms with Gasteiger partial charge < -0.3 is 21.1 Å². The minimum Gasteiger partial charge on any atom is -0.482 e. The van der Waals surface area contributed by atoms with E-state index in [1.165, 1.54) is 12.8 Å². The molecule has 0 radical (unpaired) electrons. The lowest BCUT2D eigenvalue weighted by Crippen LogP contribution is -2.31. The molecule has 1 aromatic carbocycles. The van der Waals surface area contributed by atoms with Crippen LogP contribution in [0.5, 0.6) is 5.75 Å². The van der Waals surface area contributed by atoms with Crippen molar-refractivity contribution >= 4 is 23.0 Å². The largest absolute Gasteiger partial charge is 0.482 e. The first-order valence-corrected chi connectivity index (χ1v) is 7.08. The van der Waals surface area contributed by atoms with Crippen molar-refractivity contribution in [1.29, 1.82) is 0 Å². The van der Waals surface area contributed by atoms with Gasteiger partial charge in [0, 0.05) is 12.1 Å². The number of amides is 1. The number of nitrogens with two attached hydrogens (primary N) is 1. The molecule has 0 spiro atoms. The summed E-state index contributed by atoms with van der Waals surface area (Å²) in [6.45, 7) is 4.60. The quantitative estimate of drug-likeness (QED) is 0.725. The molecule has 108 valence electrons. The smallest absolute Gasteiger partial charge is 0.262 e. The highest BCUT2D eigenvalue weighted by Crippen LogP contribution is 2.41. The molecule has 1 aliphatic heterocycles. The topological polar surface area (TPSA) is 76.4 Å². The van der Waals surface area contributed by atoms with Gasteiger partial charge >= 0.3 is 0 Å². The van der Waals surface area contributed by atoms with Crippen LogP contribution in [0.1, 0.15) is 33.1 Å². The van der Waals surface area contributed by atoms with Crippen LogP contribution in [0.2, 0.25) is 0 Å². The summed E-state index contributed by atoms with van der Waals surface area (Å²) in [5.74, 6) is 0.507. The SMILES string of the molecule is CC1(C)CCCC1Nc1cc2c(cc1N)OCC(=O)N2. The molecule has 1 heterocycles. The molecule has 1 unspecified atom stereocenters. The molecular weight excluding hydrogens is 254 g/mol. The van der Waals surface area contributed by atoms with Crippen molar-refractivity contribution in [3.63, 3.8) is 0 Å². The van der Waals surface area contributed by atoms with E-state index in [9.17, 15) is 4.79 Å². The minimum absolute atomic E-state index is 0.0505. The fourth-order valence-corrected chi connectivity index (χ4v) is 3.05. The Labute approximate surface area is 118 Å². The third-order valence-electron chi connectivity index (χ3n) is 4.37. The molecule has 4 N–H and O–H groups in total. The molecule has 0 aromatic heterocycles. The molecule has 1 amide bonds. The Morgan fingerprint density at radius 1 is 1.45 bits per heavy atom. The lowest BCUT2D eigenvalue weighted by Gasteiger charge is -2.30. The van der Waals surface area contributed by atoms with Gasteiger partial charge in [-0.2, -0.15) is 0 Å². The fraction of sp³-hybridized carbons (Fsp3) is 0.533. The van der Waals surface area contributed by atoms with E-state index in [0.717, 1.165) is 12.1 Å². The number of carbonyl (C=O) groups excluding carboxylic acids is 1. The Balaban J connectivity index is 1.87. The number of benzene rings is 1. The average molecular weight is 275 g/mol. The van der Waals surface area contributed by atoms with E-state index in [1.54, 1.807) is 6.07 Å². The van der Waals surface area contributed by atoms with Gasteiger partial charge in [0.25, 0.3) is 5.91 Å². The van der Waals surface area contributed by atoms with Gasteiger partial charge in [-0.3, -0.25) is 4.79 Å². The molecular formula is C15H21N3O2. The van der Waals surface area contributed by atoms with Gasteiger partial charge in [-0.25, -0.2) is 0 Å². The summed E-state index contributed by atoms with van der Waals surface area (Å²) in [7, 11) is 0.